The number of hydrogen-bond donors (Lipinski definition) is 0. The van der Waals surface area contributed by atoms with E-state index in [0.717, 1.165) is 16.9 Å². The molecule has 2 aliphatic heterocycles. The number of fused-ring (bicyclic) bond motifs is 1. The number of β-lactam (4-membered cyclic amide) rings is 1. The average molecular weight is 353 g/mol. The predicted molar refractivity (Wildman–Crippen MR) is 96.9 cm³/mol. The van der Waals surface area contributed by atoms with Crippen LogP contribution in [0.2, 0.25) is 0 Å². The maximum Gasteiger partial charge on any atom is 0.329 e. The van der Waals surface area contributed by atoms with E-state index in [9.17, 15) is 9.59 Å². The summed E-state index contributed by atoms with van der Waals surface area (Å²) in [7, 11) is 0. The van der Waals surface area contributed by atoms with Crippen molar-refractivity contribution in [2.45, 2.75) is 30.4 Å². The molecule has 25 heavy (non-hydrogen) atoms. The average Bonchev–Trinajstić information content (AvgIpc) is 2.66. The zero-order valence-electron chi connectivity index (χ0n) is 13.7. The number of thioether (sulfide) groups is 1. The summed E-state index contributed by atoms with van der Waals surface area (Å²) in [6, 6.07) is 19.0. The number of esters is 1. The third-order valence-electron chi connectivity index (χ3n) is 4.70. The molecule has 0 radical (unpaired) electrons. The Hall–Kier alpha value is -2.27. The fourth-order valence-corrected chi connectivity index (χ4v) is 4.70. The molecule has 2 fully saturated rings. The molecule has 0 unspecified atom stereocenters. The summed E-state index contributed by atoms with van der Waals surface area (Å²) in [6.45, 7) is 0. The van der Waals surface area contributed by atoms with Gasteiger partial charge in [-0.2, -0.15) is 0 Å². The molecule has 0 aliphatic carbocycles. The molecular formula is C20H19NO3S. The van der Waals surface area contributed by atoms with Gasteiger partial charge in [-0.25, -0.2) is 4.79 Å². The van der Waals surface area contributed by atoms with Crippen molar-refractivity contribution in [2.75, 3.05) is 5.75 Å². The molecule has 0 bridgehead atoms. The fraction of sp³-hybridized carbons (Fsp3) is 0.300. The van der Waals surface area contributed by atoms with Gasteiger partial charge in [-0.1, -0.05) is 60.7 Å². The molecule has 4 nitrogen and oxygen atoms in total. The molecule has 2 saturated heterocycles. The van der Waals surface area contributed by atoms with Crippen LogP contribution < -0.4 is 0 Å². The van der Waals surface area contributed by atoms with Crippen LogP contribution in [-0.4, -0.2) is 33.9 Å². The Bertz CT molecular complexity index is 726. The SMILES string of the molecule is O=C(OC(c1ccccc1)c1ccccc1)[C@H]1CCS[C@@H]2CC(=O)N12. The van der Waals surface area contributed by atoms with E-state index in [1.54, 1.807) is 16.7 Å². The van der Waals surface area contributed by atoms with Crippen molar-refractivity contribution in [1.29, 1.82) is 0 Å². The van der Waals surface area contributed by atoms with E-state index in [1.807, 2.05) is 60.7 Å². The van der Waals surface area contributed by atoms with Crippen LogP contribution in [0.3, 0.4) is 0 Å². The third-order valence-corrected chi connectivity index (χ3v) is 5.95. The Kier molecular flexibility index (Phi) is 4.49. The highest BCUT2D eigenvalue weighted by molar-refractivity contribution is 8.00. The van der Waals surface area contributed by atoms with Gasteiger partial charge in [-0.05, 0) is 23.3 Å². The standard InChI is InChI=1S/C20H19NO3S/c22-17-13-18-21(17)16(11-12-25-18)20(23)24-19(14-7-3-1-4-8-14)15-9-5-2-6-10-15/h1-10,16,18-19H,11-13H2/t16-,18-/m1/s1. The molecule has 2 atom stereocenters. The van der Waals surface area contributed by atoms with Crippen LogP contribution in [0.15, 0.2) is 60.7 Å². The second-order valence-corrected chi connectivity index (χ2v) is 7.56. The van der Waals surface area contributed by atoms with Gasteiger partial charge in [-0.15, -0.1) is 11.8 Å². The van der Waals surface area contributed by atoms with Gasteiger partial charge in [0.1, 0.15) is 6.04 Å². The molecule has 2 aromatic carbocycles. The van der Waals surface area contributed by atoms with Gasteiger partial charge < -0.3 is 9.64 Å². The molecular weight excluding hydrogens is 334 g/mol. The molecule has 2 heterocycles. The number of amides is 1. The van der Waals surface area contributed by atoms with Crippen LogP contribution in [0.4, 0.5) is 0 Å². The van der Waals surface area contributed by atoms with Crippen LogP contribution in [0.5, 0.6) is 0 Å². The molecule has 4 rings (SSSR count). The van der Waals surface area contributed by atoms with Gasteiger partial charge in [0.2, 0.25) is 5.91 Å². The van der Waals surface area contributed by atoms with Gasteiger partial charge >= 0.3 is 5.97 Å². The summed E-state index contributed by atoms with van der Waals surface area (Å²) in [5.74, 6) is 0.626. The zero-order chi connectivity index (χ0) is 17.2. The molecule has 5 heteroatoms. The molecule has 1 amide bonds. The van der Waals surface area contributed by atoms with Crippen molar-refractivity contribution in [3.8, 4) is 0 Å². The first-order valence-corrected chi connectivity index (χ1v) is 9.52. The normalized spacial score (nSPS) is 22.3. The van der Waals surface area contributed by atoms with Crippen molar-refractivity contribution in [2.24, 2.45) is 0 Å². The summed E-state index contributed by atoms with van der Waals surface area (Å²) in [5, 5.41) is 0.144. The maximum atomic E-state index is 12.9. The van der Waals surface area contributed by atoms with Crippen LogP contribution in [0.25, 0.3) is 0 Å². The minimum Gasteiger partial charge on any atom is -0.451 e. The Morgan fingerprint density at radius 3 is 2.20 bits per heavy atom. The summed E-state index contributed by atoms with van der Waals surface area (Å²) in [6.07, 6.45) is 0.733. The zero-order valence-corrected chi connectivity index (χ0v) is 14.5. The van der Waals surface area contributed by atoms with E-state index in [-0.39, 0.29) is 17.3 Å². The smallest absolute Gasteiger partial charge is 0.329 e. The first-order valence-electron chi connectivity index (χ1n) is 8.47. The second-order valence-electron chi connectivity index (χ2n) is 6.27. The number of rotatable bonds is 4. The van der Waals surface area contributed by atoms with E-state index in [1.165, 1.54) is 0 Å². The largest absolute Gasteiger partial charge is 0.451 e. The lowest BCUT2D eigenvalue weighted by atomic mass is 10.0. The summed E-state index contributed by atoms with van der Waals surface area (Å²) in [4.78, 5) is 26.5. The van der Waals surface area contributed by atoms with Crippen molar-refractivity contribution >= 4 is 23.6 Å². The number of hydrogen-bond acceptors (Lipinski definition) is 4. The quantitative estimate of drug-likeness (QED) is 0.624. The Morgan fingerprint density at radius 2 is 1.64 bits per heavy atom. The topological polar surface area (TPSA) is 46.6 Å². The minimum absolute atomic E-state index is 0.0510. The third kappa shape index (κ3) is 3.16. The van der Waals surface area contributed by atoms with E-state index in [0.29, 0.717) is 12.8 Å². The van der Waals surface area contributed by atoms with Crippen LogP contribution >= 0.6 is 11.8 Å². The summed E-state index contributed by atoms with van der Waals surface area (Å²) < 4.78 is 5.92. The Morgan fingerprint density at radius 1 is 1.04 bits per heavy atom. The molecule has 0 aromatic heterocycles. The van der Waals surface area contributed by atoms with Gasteiger partial charge in [0, 0.05) is 0 Å². The molecule has 128 valence electrons. The van der Waals surface area contributed by atoms with Gasteiger partial charge in [0.05, 0.1) is 11.8 Å². The van der Waals surface area contributed by atoms with Crippen LogP contribution in [-0.2, 0) is 14.3 Å². The Labute approximate surface area is 151 Å². The van der Waals surface area contributed by atoms with Gasteiger partial charge in [0.15, 0.2) is 6.10 Å². The number of benzene rings is 2. The Balaban J connectivity index is 1.58. The van der Waals surface area contributed by atoms with E-state index >= 15 is 0 Å². The van der Waals surface area contributed by atoms with Gasteiger partial charge in [0.25, 0.3) is 0 Å². The lowest BCUT2D eigenvalue weighted by Gasteiger charge is -2.47. The molecule has 0 N–H and O–H groups in total. The lowest BCUT2D eigenvalue weighted by molar-refractivity contribution is -0.165. The molecule has 2 aliphatic rings. The van der Waals surface area contributed by atoms with Crippen molar-refractivity contribution in [1.82, 2.24) is 4.90 Å². The predicted octanol–water partition coefficient (Wildman–Crippen LogP) is 3.38. The highest BCUT2D eigenvalue weighted by Gasteiger charge is 2.47. The van der Waals surface area contributed by atoms with Crippen molar-refractivity contribution < 1.29 is 14.3 Å². The summed E-state index contributed by atoms with van der Waals surface area (Å²) >= 11 is 1.75. The van der Waals surface area contributed by atoms with Crippen molar-refractivity contribution in [3.05, 3.63) is 71.8 Å². The first-order chi connectivity index (χ1) is 12.2. The number of ether oxygens (including phenoxy) is 1. The van der Waals surface area contributed by atoms with Crippen LogP contribution in [0.1, 0.15) is 30.1 Å². The second kappa shape index (κ2) is 6.92. The monoisotopic (exact) mass is 353 g/mol. The van der Waals surface area contributed by atoms with E-state index in [4.69, 9.17) is 4.74 Å². The lowest BCUT2D eigenvalue weighted by Crippen LogP contribution is -2.61. The highest BCUT2D eigenvalue weighted by atomic mass is 32.2. The number of nitrogens with zero attached hydrogens (tertiary/aromatic N) is 1. The molecule has 0 saturated carbocycles. The number of carbonyl (C=O) groups excluding carboxylic acids is 2. The highest BCUT2D eigenvalue weighted by Crippen LogP contribution is 2.38. The van der Waals surface area contributed by atoms with Crippen molar-refractivity contribution in [3.63, 3.8) is 0 Å². The van der Waals surface area contributed by atoms with Gasteiger partial charge in [-0.3, -0.25) is 4.79 Å². The van der Waals surface area contributed by atoms with E-state index in [2.05, 4.69) is 0 Å². The molecule has 0 spiro atoms. The maximum absolute atomic E-state index is 12.9. The number of carbonyl (C=O) groups is 2. The van der Waals surface area contributed by atoms with E-state index < -0.39 is 12.1 Å². The molecule has 2 aromatic rings. The first kappa shape index (κ1) is 16.2. The van der Waals surface area contributed by atoms with Crippen LogP contribution in [0, 0.1) is 0 Å². The fourth-order valence-electron chi connectivity index (χ4n) is 3.38. The summed E-state index contributed by atoms with van der Waals surface area (Å²) in [5.41, 5.74) is 1.86. The minimum atomic E-state index is -0.459.